The highest BCUT2D eigenvalue weighted by molar-refractivity contribution is 8.93. The number of hydrogen-bond acceptors (Lipinski definition) is 0. The van der Waals surface area contributed by atoms with Crippen molar-refractivity contribution in [3.05, 3.63) is 18.2 Å². The van der Waals surface area contributed by atoms with Crippen molar-refractivity contribution in [2.24, 2.45) is 7.05 Å². The predicted octanol–water partition coefficient (Wildman–Crippen LogP) is 5.64. The van der Waals surface area contributed by atoms with Crippen molar-refractivity contribution in [1.82, 2.24) is 4.57 Å². The summed E-state index contributed by atoms with van der Waals surface area (Å²) in [5.41, 5.74) is 0. The Hall–Kier alpha value is -0.525. The van der Waals surface area contributed by atoms with Crippen molar-refractivity contribution >= 4 is 24.2 Å². The van der Waals surface area contributed by atoms with Gasteiger partial charge in [-0.05, 0) is 12.8 Å². The minimum atomic E-state index is -6.00. The molecule has 2 nitrogen and oxygen atoms in total. The third-order valence-corrected chi connectivity index (χ3v) is 3.65. The average Bonchev–Trinajstić information content (AvgIpc) is 2.72. The van der Waals surface area contributed by atoms with Gasteiger partial charge in [0.15, 0.2) is 0 Å². The molecular formula is C15H30BBrF4N2. The SMILES string of the molecule is Br.CCCCCCCCCC[n+]1ccn(C)c1C.F[B-](F)(F)F. The zero-order chi connectivity index (χ0) is 17.0. The molecule has 0 aliphatic carbocycles. The van der Waals surface area contributed by atoms with Crippen molar-refractivity contribution in [2.45, 2.75) is 71.8 Å². The summed E-state index contributed by atoms with van der Waals surface area (Å²) in [5, 5.41) is 0. The van der Waals surface area contributed by atoms with Crippen molar-refractivity contribution < 1.29 is 21.8 Å². The van der Waals surface area contributed by atoms with E-state index in [9.17, 15) is 17.3 Å². The largest absolute Gasteiger partial charge is 0.673 e. The molecule has 0 aliphatic rings. The normalized spacial score (nSPS) is 10.7. The number of nitrogens with zero attached hydrogens (tertiary/aromatic N) is 2. The van der Waals surface area contributed by atoms with Crippen LogP contribution in [0.5, 0.6) is 0 Å². The summed E-state index contributed by atoms with van der Waals surface area (Å²) in [6.45, 7) is 5.64. The predicted molar refractivity (Wildman–Crippen MR) is 93.5 cm³/mol. The molecule has 1 aromatic rings. The first kappa shape index (κ1) is 24.7. The van der Waals surface area contributed by atoms with Crippen molar-refractivity contribution in [2.75, 3.05) is 0 Å². The lowest BCUT2D eigenvalue weighted by atomic mass is 10.1. The fourth-order valence-electron chi connectivity index (χ4n) is 2.25. The summed E-state index contributed by atoms with van der Waals surface area (Å²) in [6, 6.07) is 0. The second kappa shape index (κ2) is 13.9. The van der Waals surface area contributed by atoms with Gasteiger partial charge in [-0.2, -0.15) is 0 Å². The van der Waals surface area contributed by atoms with E-state index in [4.69, 9.17) is 0 Å². The van der Waals surface area contributed by atoms with Crippen LogP contribution in [0.1, 0.15) is 64.1 Å². The molecule has 0 N–H and O–H groups in total. The lowest BCUT2D eigenvalue weighted by molar-refractivity contribution is -0.702. The lowest BCUT2D eigenvalue weighted by Crippen LogP contribution is -2.35. The molecule has 0 spiro atoms. The van der Waals surface area contributed by atoms with Crippen molar-refractivity contribution in [1.29, 1.82) is 0 Å². The molecule has 0 unspecified atom stereocenters. The number of aromatic nitrogens is 2. The molecule has 0 aliphatic heterocycles. The molecule has 0 radical (unpaired) electrons. The van der Waals surface area contributed by atoms with Crippen molar-refractivity contribution in [3.8, 4) is 0 Å². The topological polar surface area (TPSA) is 8.81 Å². The van der Waals surface area contributed by atoms with E-state index in [2.05, 4.69) is 42.4 Å². The van der Waals surface area contributed by atoms with E-state index < -0.39 is 7.25 Å². The summed E-state index contributed by atoms with van der Waals surface area (Å²) in [6.07, 6.45) is 15.5. The quantitative estimate of drug-likeness (QED) is 0.218. The number of imidazole rings is 1. The molecule has 138 valence electrons. The Labute approximate surface area is 148 Å². The number of halogens is 5. The van der Waals surface area contributed by atoms with Gasteiger partial charge >= 0.3 is 7.25 Å². The molecule has 0 bridgehead atoms. The number of aryl methyl sites for hydroxylation is 2. The highest BCUT2D eigenvalue weighted by Crippen LogP contribution is 2.08. The first-order chi connectivity index (χ1) is 10.3. The smallest absolute Gasteiger partial charge is 0.418 e. The minimum absolute atomic E-state index is 0. The van der Waals surface area contributed by atoms with Gasteiger partial charge in [-0.15, -0.1) is 17.0 Å². The fourth-order valence-corrected chi connectivity index (χ4v) is 2.25. The first-order valence-corrected chi connectivity index (χ1v) is 8.14. The summed E-state index contributed by atoms with van der Waals surface area (Å²) >= 11 is 0. The zero-order valence-corrected chi connectivity index (χ0v) is 16.1. The van der Waals surface area contributed by atoms with Gasteiger partial charge in [0.2, 0.25) is 0 Å². The first-order valence-electron chi connectivity index (χ1n) is 8.14. The lowest BCUT2D eigenvalue weighted by Gasteiger charge is -2.01. The second-order valence-electron chi connectivity index (χ2n) is 5.62. The van der Waals surface area contributed by atoms with E-state index in [0.717, 1.165) is 0 Å². The van der Waals surface area contributed by atoms with Gasteiger partial charge in [-0.3, -0.25) is 0 Å². The maximum Gasteiger partial charge on any atom is 0.673 e. The Kier molecular flexibility index (Phi) is 14.9. The van der Waals surface area contributed by atoms with Gasteiger partial charge in [0, 0.05) is 6.92 Å². The van der Waals surface area contributed by atoms with Crippen LogP contribution in [0, 0.1) is 6.92 Å². The van der Waals surface area contributed by atoms with Crippen LogP contribution in [0.4, 0.5) is 17.3 Å². The molecule has 0 fully saturated rings. The Bertz CT molecular complexity index is 391. The van der Waals surface area contributed by atoms with Crippen molar-refractivity contribution in [3.63, 3.8) is 0 Å². The Morgan fingerprint density at radius 1 is 0.957 bits per heavy atom. The summed E-state index contributed by atoms with van der Waals surface area (Å²) in [7, 11) is -3.89. The molecule has 1 heterocycles. The maximum absolute atomic E-state index is 9.75. The van der Waals surface area contributed by atoms with Crippen LogP contribution >= 0.6 is 17.0 Å². The third kappa shape index (κ3) is 16.1. The van der Waals surface area contributed by atoms with Crippen LogP contribution in [0.25, 0.3) is 0 Å². The molecule has 1 rings (SSSR count). The summed E-state index contributed by atoms with van der Waals surface area (Å²) in [5.74, 6) is 1.35. The van der Waals surface area contributed by atoms with Gasteiger partial charge in [-0.25, -0.2) is 9.13 Å². The van der Waals surface area contributed by atoms with E-state index in [1.54, 1.807) is 0 Å². The number of unbranched alkanes of at least 4 members (excludes halogenated alkanes) is 7. The third-order valence-electron chi connectivity index (χ3n) is 3.65. The molecular weight excluding hydrogens is 375 g/mol. The number of rotatable bonds is 9. The van der Waals surface area contributed by atoms with Crippen LogP contribution in [0.15, 0.2) is 12.4 Å². The molecule has 0 saturated carbocycles. The van der Waals surface area contributed by atoms with Gasteiger partial charge in [0.25, 0.3) is 5.82 Å². The maximum atomic E-state index is 9.75. The number of hydrogen-bond donors (Lipinski definition) is 0. The molecule has 1 aromatic heterocycles. The fraction of sp³-hybridized carbons (Fsp3) is 0.800. The summed E-state index contributed by atoms with van der Waals surface area (Å²) < 4.78 is 43.5. The van der Waals surface area contributed by atoms with Gasteiger partial charge in [0.1, 0.15) is 12.4 Å². The molecule has 0 aromatic carbocycles. The highest BCUT2D eigenvalue weighted by atomic mass is 79.9. The van der Waals surface area contributed by atoms with Gasteiger partial charge in [-0.1, -0.05) is 45.4 Å². The van der Waals surface area contributed by atoms with E-state index >= 15 is 0 Å². The second-order valence-corrected chi connectivity index (χ2v) is 5.62. The van der Waals surface area contributed by atoms with Crippen LogP contribution in [-0.4, -0.2) is 11.8 Å². The Morgan fingerprint density at radius 2 is 1.39 bits per heavy atom. The monoisotopic (exact) mass is 404 g/mol. The molecule has 0 saturated heterocycles. The molecule has 8 heteroatoms. The van der Waals surface area contributed by atoms with Crippen LogP contribution in [0.3, 0.4) is 0 Å². The Morgan fingerprint density at radius 3 is 1.78 bits per heavy atom. The van der Waals surface area contributed by atoms with Gasteiger partial charge in [0.05, 0.1) is 13.6 Å². The zero-order valence-electron chi connectivity index (χ0n) is 14.4. The van der Waals surface area contributed by atoms with Crippen LogP contribution in [-0.2, 0) is 13.6 Å². The molecule has 0 atom stereocenters. The minimum Gasteiger partial charge on any atom is -0.418 e. The van der Waals surface area contributed by atoms with E-state index in [1.165, 1.54) is 63.7 Å². The van der Waals surface area contributed by atoms with E-state index in [-0.39, 0.29) is 17.0 Å². The molecule has 23 heavy (non-hydrogen) atoms. The summed E-state index contributed by atoms with van der Waals surface area (Å²) in [4.78, 5) is 0. The van der Waals surface area contributed by atoms with E-state index in [0.29, 0.717) is 0 Å². The molecule has 0 amide bonds. The standard InChI is InChI=1S/C15H29N2.BF4.BrH/c1-4-5-6-7-8-9-10-11-12-17-14-13-16(3)15(17)2;2-1(3,4)5;/h13-14H,4-12H2,1-3H3;;1H/q+1;-1;. The average molecular weight is 405 g/mol. The highest BCUT2D eigenvalue weighted by Gasteiger charge is 2.20. The van der Waals surface area contributed by atoms with Crippen LogP contribution < -0.4 is 4.57 Å². The van der Waals surface area contributed by atoms with Crippen LogP contribution in [0.2, 0.25) is 0 Å². The Balaban J connectivity index is 0. The van der Waals surface area contributed by atoms with E-state index in [1.807, 2.05) is 0 Å². The van der Waals surface area contributed by atoms with Gasteiger partial charge < -0.3 is 17.3 Å².